The van der Waals surface area contributed by atoms with Crippen molar-refractivity contribution in [2.45, 2.75) is 33.3 Å². The highest BCUT2D eigenvalue weighted by Gasteiger charge is 2.08. The van der Waals surface area contributed by atoms with E-state index in [2.05, 4.69) is 6.92 Å². The van der Waals surface area contributed by atoms with E-state index >= 15 is 0 Å². The molecule has 0 saturated carbocycles. The van der Waals surface area contributed by atoms with Gasteiger partial charge in [0.05, 0.1) is 6.10 Å². The van der Waals surface area contributed by atoms with Crippen LogP contribution in [0.4, 0.5) is 0 Å². The second-order valence-electron chi connectivity index (χ2n) is 3.47. The minimum atomic E-state index is 0.161. The summed E-state index contributed by atoms with van der Waals surface area (Å²) in [5.74, 6) is 0.866. The van der Waals surface area contributed by atoms with Gasteiger partial charge < -0.3 is 9.84 Å². The fourth-order valence-corrected chi connectivity index (χ4v) is 1.45. The SMILES string of the molecule is CCc1c([CH]O)cccc1OC(C)C. The van der Waals surface area contributed by atoms with E-state index in [-0.39, 0.29) is 6.10 Å². The smallest absolute Gasteiger partial charge is 0.123 e. The van der Waals surface area contributed by atoms with Crippen molar-refractivity contribution in [3.05, 3.63) is 35.9 Å². The largest absolute Gasteiger partial charge is 0.491 e. The zero-order chi connectivity index (χ0) is 10.6. The lowest BCUT2D eigenvalue weighted by Gasteiger charge is -2.15. The molecule has 1 aromatic carbocycles. The van der Waals surface area contributed by atoms with Crippen LogP contribution in [0.1, 0.15) is 31.9 Å². The predicted molar refractivity (Wildman–Crippen MR) is 56.9 cm³/mol. The molecule has 0 fully saturated rings. The molecular formula is C12H17O2. The molecule has 1 N–H and O–H groups in total. The van der Waals surface area contributed by atoms with Gasteiger partial charge in [-0.25, -0.2) is 0 Å². The monoisotopic (exact) mass is 193 g/mol. The third-order valence-corrected chi connectivity index (χ3v) is 2.02. The normalized spacial score (nSPS) is 10.6. The molecule has 2 nitrogen and oxygen atoms in total. The average Bonchev–Trinajstić information content (AvgIpc) is 2.16. The second kappa shape index (κ2) is 5.01. The van der Waals surface area contributed by atoms with Gasteiger partial charge in [-0.3, -0.25) is 0 Å². The number of hydrogen-bond acceptors (Lipinski definition) is 2. The Morgan fingerprint density at radius 1 is 1.43 bits per heavy atom. The van der Waals surface area contributed by atoms with E-state index in [0.29, 0.717) is 0 Å². The van der Waals surface area contributed by atoms with Crippen molar-refractivity contribution in [2.24, 2.45) is 0 Å². The molecule has 2 heteroatoms. The second-order valence-corrected chi connectivity index (χ2v) is 3.47. The van der Waals surface area contributed by atoms with Crippen molar-refractivity contribution in [3.8, 4) is 5.75 Å². The zero-order valence-corrected chi connectivity index (χ0v) is 8.95. The zero-order valence-electron chi connectivity index (χ0n) is 8.95. The van der Waals surface area contributed by atoms with E-state index in [9.17, 15) is 0 Å². The minimum Gasteiger partial charge on any atom is -0.491 e. The first kappa shape index (κ1) is 11.1. The Bertz CT molecular complexity index is 292. The maximum atomic E-state index is 9.03. The fraction of sp³-hybridized carbons (Fsp3) is 0.417. The molecule has 0 saturated heterocycles. The van der Waals surface area contributed by atoms with Gasteiger partial charge in [0.15, 0.2) is 0 Å². The molecule has 77 valence electrons. The molecule has 1 radical (unpaired) electrons. The van der Waals surface area contributed by atoms with Gasteiger partial charge >= 0.3 is 0 Å². The maximum Gasteiger partial charge on any atom is 0.123 e. The predicted octanol–water partition coefficient (Wildman–Crippen LogP) is 2.92. The summed E-state index contributed by atoms with van der Waals surface area (Å²) >= 11 is 0. The lowest BCUT2D eigenvalue weighted by molar-refractivity contribution is 0.239. The topological polar surface area (TPSA) is 29.5 Å². The van der Waals surface area contributed by atoms with Gasteiger partial charge in [0.2, 0.25) is 0 Å². The van der Waals surface area contributed by atoms with E-state index in [1.165, 1.54) is 0 Å². The minimum absolute atomic E-state index is 0.161. The Balaban J connectivity index is 3.02. The van der Waals surface area contributed by atoms with E-state index in [4.69, 9.17) is 9.84 Å². The first-order valence-corrected chi connectivity index (χ1v) is 4.95. The molecule has 0 spiro atoms. The van der Waals surface area contributed by atoms with Crippen molar-refractivity contribution in [1.29, 1.82) is 0 Å². The standard InChI is InChI=1S/C12H17O2/c1-4-11-10(8-13)6-5-7-12(11)14-9(2)3/h5-9,13H,4H2,1-3H3. The summed E-state index contributed by atoms with van der Waals surface area (Å²) in [6.45, 7) is 7.17. The van der Waals surface area contributed by atoms with Gasteiger partial charge in [-0.1, -0.05) is 19.1 Å². The fourth-order valence-electron chi connectivity index (χ4n) is 1.45. The van der Waals surface area contributed by atoms with Crippen LogP contribution >= 0.6 is 0 Å². The van der Waals surface area contributed by atoms with Crippen LogP contribution in [0.5, 0.6) is 5.75 Å². The molecule has 0 aliphatic rings. The number of benzene rings is 1. The highest BCUT2D eigenvalue weighted by Crippen LogP contribution is 2.24. The summed E-state index contributed by atoms with van der Waals surface area (Å²) in [4.78, 5) is 0. The van der Waals surface area contributed by atoms with Gasteiger partial charge in [-0.05, 0) is 37.5 Å². The first-order chi connectivity index (χ1) is 6.69. The molecule has 14 heavy (non-hydrogen) atoms. The number of ether oxygens (including phenoxy) is 1. The quantitative estimate of drug-likeness (QED) is 0.796. The van der Waals surface area contributed by atoms with Crippen molar-refractivity contribution >= 4 is 0 Å². The Morgan fingerprint density at radius 2 is 2.14 bits per heavy atom. The third-order valence-electron chi connectivity index (χ3n) is 2.02. The first-order valence-electron chi connectivity index (χ1n) is 4.95. The summed E-state index contributed by atoms with van der Waals surface area (Å²) < 4.78 is 5.65. The number of aliphatic hydroxyl groups excluding tert-OH is 1. The van der Waals surface area contributed by atoms with Gasteiger partial charge in [-0.2, -0.15) is 0 Å². The molecule has 0 amide bonds. The van der Waals surface area contributed by atoms with Crippen LogP contribution in [0.25, 0.3) is 0 Å². The molecule has 0 unspecified atom stereocenters. The number of hydrogen-bond donors (Lipinski definition) is 1. The molecule has 0 aliphatic heterocycles. The van der Waals surface area contributed by atoms with Crippen LogP contribution < -0.4 is 4.74 Å². The van der Waals surface area contributed by atoms with E-state index in [0.717, 1.165) is 29.9 Å². The molecule has 0 bridgehead atoms. The van der Waals surface area contributed by atoms with Crippen molar-refractivity contribution in [2.75, 3.05) is 0 Å². The summed E-state index contributed by atoms with van der Waals surface area (Å²) in [5, 5.41) is 9.03. The van der Waals surface area contributed by atoms with Crippen LogP contribution in [-0.2, 0) is 6.42 Å². The Kier molecular flexibility index (Phi) is 3.96. The lowest BCUT2D eigenvalue weighted by Crippen LogP contribution is -2.08. The van der Waals surface area contributed by atoms with E-state index < -0.39 is 0 Å². The van der Waals surface area contributed by atoms with Crippen molar-refractivity contribution in [1.82, 2.24) is 0 Å². The van der Waals surface area contributed by atoms with Crippen LogP contribution in [0.15, 0.2) is 18.2 Å². The van der Waals surface area contributed by atoms with Gasteiger partial charge in [-0.15, -0.1) is 0 Å². The van der Waals surface area contributed by atoms with Gasteiger partial charge in [0, 0.05) is 0 Å². The molecule has 1 rings (SSSR count). The van der Waals surface area contributed by atoms with E-state index in [1.807, 2.05) is 32.0 Å². The van der Waals surface area contributed by atoms with Crippen LogP contribution in [-0.4, -0.2) is 11.2 Å². The maximum absolute atomic E-state index is 9.03. The summed E-state index contributed by atoms with van der Waals surface area (Å²) in [7, 11) is 0. The Labute approximate surface area is 85.5 Å². The molecule has 1 aromatic rings. The van der Waals surface area contributed by atoms with Crippen molar-refractivity contribution in [3.63, 3.8) is 0 Å². The van der Waals surface area contributed by atoms with E-state index in [1.54, 1.807) is 0 Å². The molecule has 0 heterocycles. The van der Waals surface area contributed by atoms with Crippen LogP contribution in [0.2, 0.25) is 0 Å². The number of rotatable bonds is 4. The summed E-state index contributed by atoms with van der Waals surface area (Å²) in [6, 6.07) is 5.71. The van der Waals surface area contributed by atoms with Crippen molar-refractivity contribution < 1.29 is 9.84 Å². The Hall–Kier alpha value is -1.02. The van der Waals surface area contributed by atoms with Crippen LogP contribution in [0, 0.1) is 6.61 Å². The highest BCUT2D eigenvalue weighted by atomic mass is 16.5. The summed E-state index contributed by atoms with van der Waals surface area (Å²) in [5.41, 5.74) is 1.90. The average molecular weight is 193 g/mol. The van der Waals surface area contributed by atoms with Crippen LogP contribution in [0.3, 0.4) is 0 Å². The van der Waals surface area contributed by atoms with Gasteiger partial charge in [0.25, 0.3) is 0 Å². The molecule has 0 aromatic heterocycles. The Morgan fingerprint density at radius 3 is 2.64 bits per heavy atom. The molecule has 0 atom stereocenters. The molecular weight excluding hydrogens is 176 g/mol. The molecule has 0 aliphatic carbocycles. The number of aliphatic hydroxyl groups is 1. The summed E-state index contributed by atoms with van der Waals surface area (Å²) in [6.07, 6.45) is 1.02. The highest BCUT2D eigenvalue weighted by molar-refractivity contribution is 5.42. The lowest BCUT2D eigenvalue weighted by atomic mass is 10.0. The third kappa shape index (κ3) is 2.48. The van der Waals surface area contributed by atoms with Gasteiger partial charge in [0.1, 0.15) is 12.4 Å².